The fourth-order valence-electron chi connectivity index (χ4n) is 3.35. The Balaban J connectivity index is 1.48. The van der Waals surface area contributed by atoms with Crippen molar-refractivity contribution in [3.8, 4) is 11.3 Å². The van der Waals surface area contributed by atoms with Crippen LogP contribution >= 0.6 is 0 Å². The van der Waals surface area contributed by atoms with E-state index in [1.807, 2.05) is 47.0 Å². The summed E-state index contributed by atoms with van der Waals surface area (Å²) in [6.45, 7) is 2.00. The summed E-state index contributed by atoms with van der Waals surface area (Å²) in [5, 5.41) is 13.6. The molecule has 8 heteroatoms. The molecule has 8 nitrogen and oxygen atoms in total. The van der Waals surface area contributed by atoms with Gasteiger partial charge in [-0.05, 0) is 24.5 Å². The number of carbonyl (C=O) groups is 1. The van der Waals surface area contributed by atoms with Gasteiger partial charge in [-0.25, -0.2) is 9.97 Å². The maximum absolute atomic E-state index is 11.2. The summed E-state index contributed by atoms with van der Waals surface area (Å²) < 4.78 is 1.90. The van der Waals surface area contributed by atoms with Crippen molar-refractivity contribution in [1.82, 2.24) is 29.9 Å². The standard InChI is InChI=1S/C21H21N7O/c1-13(29)23-12-14-3-2-4-16(9-14)17-11-20-22-7-8-28(20)21(24-17)25-19-10-18(26-27-19)15-5-6-15/h2-4,7-11,15H,5-6,12H2,1H3,(H,23,29)(H2,24,25,26,27). The number of benzene rings is 1. The van der Waals surface area contributed by atoms with Gasteiger partial charge in [-0.15, -0.1) is 0 Å². The number of nitrogens with zero attached hydrogens (tertiary/aromatic N) is 4. The van der Waals surface area contributed by atoms with Crippen LogP contribution < -0.4 is 10.6 Å². The lowest BCUT2D eigenvalue weighted by Crippen LogP contribution is -2.18. The van der Waals surface area contributed by atoms with Crippen molar-refractivity contribution in [3.05, 3.63) is 60.0 Å². The molecule has 146 valence electrons. The second-order valence-corrected chi connectivity index (χ2v) is 7.34. The van der Waals surface area contributed by atoms with Crippen LogP contribution in [0.15, 0.2) is 48.8 Å². The third-order valence-corrected chi connectivity index (χ3v) is 5.01. The molecule has 3 heterocycles. The molecule has 5 rings (SSSR count). The largest absolute Gasteiger partial charge is 0.352 e. The SMILES string of the molecule is CC(=O)NCc1cccc(-c2cc3nccn3c(Nc3cc(C4CC4)[nH]n3)n2)c1. The molecule has 0 aliphatic heterocycles. The maximum Gasteiger partial charge on any atom is 0.217 e. The number of aromatic nitrogens is 5. The molecular weight excluding hydrogens is 366 g/mol. The minimum Gasteiger partial charge on any atom is -0.352 e. The van der Waals surface area contributed by atoms with Gasteiger partial charge in [-0.1, -0.05) is 18.2 Å². The molecule has 4 aromatic rings. The van der Waals surface area contributed by atoms with Crippen molar-refractivity contribution in [3.63, 3.8) is 0 Å². The summed E-state index contributed by atoms with van der Waals surface area (Å²) in [6, 6.07) is 12.0. The molecule has 1 aliphatic carbocycles. The fraction of sp³-hybridized carbons (Fsp3) is 0.238. The molecular formula is C21H21N7O. The van der Waals surface area contributed by atoms with Gasteiger partial charge in [0.05, 0.1) is 5.69 Å². The molecule has 1 fully saturated rings. The Labute approximate surface area is 167 Å². The maximum atomic E-state index is 11.2. The topological polar surface area (TPSA) is 100 Å². The minimum absolute atomic E-state index is 0.0524. The van der Waals surface area contributed by atoms with Crippen LogP contribution in [0.2, 0.25) is 0 Å². The molecule has 0 saturated heterocycles. The number of nitrogens with one attached hydrogen (secondary N) is 3. The molecule has 1 saturated carbocycles. The second-order valence-electron chi connectivity index (χ2n) is 7.34. The first-order chi connectivity index (χ1) is 14.2. The summed E-state index contributed by atoms with van der Waals surface area (Å²) in [5.74, 6) is 1.95. The molecule has 1 aromatic carbocycles. The molecule has 0 unspecified atom stereocenters. The molecule has 1 amide bonds. The predicted molar refractivity (Wildman–Crippen MR) is 110 cm³/mol. The number of rotatable bonds is 6. The van der Waals surface area contributed by atoms with E-state index >= 15 is 0 Å². The summed E-state index contributed by atoms with van der Waals surface area (Å²) >= 11 is 0. The van der Waals surface area contributed by atoms with Crippen molar-refractivity contribution in [2.75, 3.05) is 5.32 Å². The Kier molecular flexibility index (Phi) is 4.23. The van der Waals surface area contributed by atoms with Crippen LogP contribution in [0.1, 0.15) is 36.9 Å². The quantitative estimate of drug-likeness (QED) is 0.471. The van der Waals surface area contributed by atoms with E-state index in [4.69, 9.17) is 4.98 Å². The Morgan fingerprint density at radius 1 is 1.28 bits per heavy atom. The number of hydrogen-bond acceptors (Lipinski definition) is 5. The van der Waals surface area contributed by atoms with E-state index in [-0.39, 0.29) is 5.91 Å². The average Bonchev–Trinajstić information content (AvgIpc) is 3.27. The fourth-order valence-corrected chi connectivity index (χ4v) is 3.35. The highest BCUT2D eigenvalue weighted by atomic mass is 16.1. The Hall–Kier alpha value is -3.68. The van der Waals surface area contributed by atoms with Gasteiger partial charge in [0.1, 0.15) is 5.65 Å². The van der Waals surface area contributed by atoms with Gasteiger partial charge in [0, 0.05) is 55.2 Å². The Morgan fingerprint density at radius 3 is 3.00 bits per heavy atom. The molecule has 0 spiro atoms. The summed E-state index contributed by atoms with van der Waals surface area (Å²) in [7, 11) is 0. The van der Waals surface area contributed by atoms with Crippen LogP contribution in [0, 0.1) is 0 Å². The Bertz CT molecular complexity index is 1190. The normalized spacial score (nSPS) is 13.6. The number of carbonyl (C=O) groups excluding carboxylic acids is 1. The highest BCUT2D eigenvalue weighted by Gasteiger charge is 2.25. The molecule has 29 heavy (non-hydrogen) atoms. The van der Waals surface area contributed by atoms with E-state index in [0.717, 1.165) is 34.0 Å². The van der Waals surface area contributed by atoms with Crippen LogP contribution in [0.25, 0.3) is 16.9 Å². The monoisotopic (exact) mass is 387 g/mol. The van der Waals surface area contributed by atoms with Crippen LogP contribution in [0.4, 0.5) is 11.8 Å². The van der Waals surface area contributed by atoms with Gasteiger partial charge in [0.25, 0.3) is 0 Å². The molecule has 3 aromatic heterocycles. The molecule has 0 radical (unpaired) electrons. The lowest BCUT2D eigenvalue weighted by atomic mass is 10.1. The van der Waals surface area contributed by atoms with E-state index in [1.165, 1.54) is 19.8 Å². The highest BCUT2D eigenvalue weighted by Crippen LogP contribution is 2.39. The van der Waals surface area contributed by atoms with Crippen LogP contribution in [0.3, 0.4) is 0 Å². The summed E-state index contributed by atoms with van der Waals surface area (Å²) in [4.78, 5) is 20.4. The first-order valence-electron chi connectivity index (χ1n) is 9.66. The summed E-state index contributed by atoms with van der Waals surface area (Å²) in [6.07, 6.45) is 6.06. The van der Waals surface area contributed by atoms with Crippen LogP contribution in [0.5, 0.6) is 0 Å². The van der Waals surface area contributed by atoms with Crippen LogP contribution in [-0.4, -0.2) is 30.5 Å². The van der Waals surface area contributed by atoms with Gasteiger partial charge in [0.2, 0.25) is 11.9 Å². The number of amides is 1. The molecule has 0 bridgehead atoms. The first-order valence-corrected chi connectivity index (χ1v) is 9.66. The highest BCUT2D eigenvalue weighted by molar-refractivity contribution is 5.73. The van der Waals surface area contributed by atoms with E-state index < -0.39 is 0 Å². The first kappa shape index (κ1) is 17.4. The van der Waals surface area contributed by atoms with E-state index in [1.54, 1.807) is 6.20 Å². The number of hydrogen-bond donors (Lipinski definition) is 3. The van der Waals surface area contributed by atoms with Gasteiger partial charge in [0.15, 0.2) is 5.82 Å². The number of aromatic amines is 1. The van der Waals surface area contributed by atoms with Crippen molar-refractivity contribution in [2.24, 2.45) is 0 Å². The van der Waals surface area contributed by atoms with E-state index in [0.29, 0.717) is 18.4 Å². The average molecular weight is 387 g/mol. The molecule has 0 atom stereocenters. The van der Waals surface area contributed by atoms with Gasteiger partial charge in [-0.2, -0.15) is 5.10 Å². The molecule has 3 N–H and O–H groups in total. The number of imidazole rings is 1. The molecule has 1 aliphatic rings. The smallest absolute Gasteiger partial charge is 0.217 e. The number of fused-ring (bicyclic) bond motifs is 1. The van der Waals surface area contributed by atoms with Gasteiger partial charge < -0.3 is 10.6 Å². The third-order valence-electron chi connectivity index (χ3n) is 5.01. The van der Waals surface area contributed by atoms with Gasteiger partial charge in [-0.3, -0.25) is 14.3 Å². The van der Waals surface area contributed by atoms with Crippen LogP contribution in [-0.2, 0) is 11.3 Å². The number of anilines is 2. The van der Waals surface area contributed by atoms with Crippen molar-refractivity contribution >= 4 is 23.3 Å². The lowest BCUT2D eigenvalue weighted by Gasteiger charge is -2.10. The second kappa shape index (κ2) is 7.05. The van der Waals surface area contributed by atoms with E-state index in [2.05, 4.69) is 25.8 Å². The van der Waals surface area contributed by atoms with E-state index in [9.17, 15) is 4.79 Å². The summed E-state index contributed by atoms with van der Waals surface area (Å²) in [5.41, 5.74) is 4.73. The zero-order valence-electron chi connectivity index (χ0n) is 16.0. The number of H-pyrrole nitrogens is 1. The lowest BCUT2D eigenvalue weighted by molar-refractivity contribution is -0.119. The van der Waals surface area contributed by atoms with Gasteiger partial charge >= 0.3 is 0 Å². The minimum atomic E-state index is -0.0524. The van der Waals surface area contributed by atoms with Crippen molar-refractivity contribution in [1.29, 1.82) is 0 Å². The zero-order chi connectivity index (χ0) is 19.8. The van der Waals surface area contributed by atoms with Crippen molar-refractivity contribution < 1.29 is 4.79 Å². The third kappa shape index (κ3) is 3.69. The van der Waals surface area contributed by atoms with Crippen molar-refractivity contribution in [2.45, 2.75) is 32.2 Å². The predicted octanol–water partition coefficient (Wildman–Crippen LogP) is 3.38. The Morgan fingerprint density at radius 2 is 2.17 bits per heavy atom. The zero-order valence-corrected chi connectivity index (χ0v) is 16.0.